The summed E-state index contributed by atoms with van der Waals surface area (Å²) in [7, 11) is 1.45. The summed E-state index contributed by atoms with van der Waals surface area (Å²) in [5, 5.41) is 19.8. The maximum absolute atomic E-state index is 11.8. The molecule has 0 radical (unpaired) electrons. The number of nitrogens with zero attached hydrogens (tertiary/aromatic N) is 1. The molecule has 0 aliphatic heterocycles. The number of pyridine rings is 1. The van der Waals surface area contributed by atoms with Crippen molar-refractivity contribution >= 4 is 0 Å². The molecule has 0 bridgehead atoms. The molecule has 0 spiro atoms. The van der Waals surface area contributed by atoms with Crippen molar-refractivity contribution in [3.8, 4) is 11.5 Å². The van der Waals surface area contributed by atoms with Crippen LogP contribution in [0.25, 0.3) is 0 Å². The number of aromatic hydroxyl groups is 1. The van der Waals surface area contributed by atoms with E-state index in [0.717, 1.165) is 5.69 Å². The van der Waals surface area contributed by atoms with E-state index in [0.29, 0.717) is 25.2 Å². The zero-order valence-electron chi connectivity index (χ0n) is 13.3. The molecule has 23 heavy (non-hydrogen) atoms. The number of phenolic OH excluding ortho intramolecular Hbond substituents is 1. The molecule has 2 rings (SSSR count). The fourth-order valence-corrected chi connectivity index (χ4v) is 2.38. The molecule has 2 aromatic rings. The number of ether oxygens (including phenoxy) is 1. The molecule has 0 fully saturated rings. The summed E-state index contributed by atoms with van der Waals surface area (Å²) in [5.74, 6) is 0.403. The number of likely N-dealkylation sites (N-methyl/N-ethyl adjacent to an activating group) is 1. The highest BCUT2D eigenvalue weighted by molar-refractivity contribution is 5.28. The van der Waals surface area contributed by atoms with Crippen molar-refractivity contribution in [3.05, 3.63) is 58.0 Å². The molecule has 0 saturated carbocycles. The van der Waals surface area contributed by atoms with Gasteiger partial charge >= 0.3 is 0 Å². The largest absolute Gasteiger partial charge is 0.508 e. The number of phenols is 1. The number of hydrogen-bond acceptors (Lipinski definition) is 5. The van der Waals surface area contributed by atoms with Gasteiger partial charge in [-0.3, -0.25) is 9.69 Å². The van der Waals surface area contributed by atoms with Crippen LogP contribution >= 0.6 is 0 Å². The molecule has 0 amide bonds. The van der Waals surface area contributed by atoms with E-state index in [1.165, 1.54) is 19.4 Å². The second-order valence-corrected chi connectivity index (χ2v) is 5.33. The molecule has 3 N–H and O–H groups in total. The van der Waals surface area contributed by atoms with Gasteiger partial charge in [-0.2, -0.15) is 0 Å². The third-order valence-corrected chi connectivity index (χ3v) is 3.68. The van der Waals surface area contributed by atoms with Crippen molar-refractivity contribution in [2.75, 3.05) is 20.2 Å². The maximum Gasteiger partial charge on any atom is 0.223 e. The summed E-state index contributed by atoms with van der Waals surface area (Å²) in [6.07, 6.45) is 0.823. The second-order valence-electron chi connectivity index (χ2n) is 5.33. The van der Waals surface area contributed by atoms with Gasteiger partial charge in [0.25, 0.3) is 0 Å². The van der Waals surface area contributed by atoms with E-state index in [-0.39, 0.29) is 16.9 Å². The average Bonchev–Trinajstić information content (AvgIpc) is 2.54. The topological polar surface area (TPSA) is 85.8 Å². The molecule has 124 valence electrons. The third-order valence-electron chi connectivity index (χ3n) is 3.68. The van der Waals surface area contributed by atoms with Gasteiger partial charge in [0.15, 0.2) is 5.75 Å². The van der Waals surface area contributed by atoms with Gasteiger partial charge in [-0.05, 0) is 24.2 Å². The first-order valence-electron chi connectivity index (χ1n) is 7.48. The van der Waals surface area contributed by atoms with E-state index in [1.807, 2.05) is 11.8 Å². The summed E-state index contributed by atoms with van der Waals surface area (Å²) in [4.78, 5) is 16.8. The molecule has 0 aliphatic carbocycles. The number of aliphatic hydroxyl groups is 1. The quantitative estimate of drug-likeness (QED) is 0.723. The first-order chi connectivity index (χ1) is 11.0. The minimum atomic E-state index is -0.716. The van der Waals surface area contributed by atoms with Gasteiger partial charge in [0.05, 0.1) is 13.2 Å². The third kappa shape index (κ3) is 4.58. The van der Waals surface area contributed by atoms with Crippen LogP contribution in [0.2, 0.25) is 0 Å². The Kier molecular flexibility index (Phi) is 5.78. The summed E-state index contributed by atoms with van der Waals surface area (Å²) in [5.41, 5.74) is 1.23. The Bertz CT molecular complexity index is 699. The second kappa shape index (κ2) is 7.80. The van der Waals surface area contributed by atoms with Crippen LogP contribution in [-0.4, -0.2) is 40.3 Å². The maximum atomic E-state index is 11.8. The molecular weight excluding hydrogens is 296 g/mol. The van der Waals surface area contributed by atoms with E-state index >= 15 is 0 Å². The van der Waals surface area contributed by atoms with Crippen molar-refractivity contribution in [1.82, 2.24) is 9.88 Å². The lowest BCUT2D eigenvalue weighted by atomic mass is 10.1. The van der Waals surface area contributed by atoms with Gasteiger partial charge in [0.1, 0.15) is 5.75 Å². The molecule has 1 aromatic carbocycles. The van der Waals surface area contributed by atoms with Gasteiger partial charge in [0, 0.05) is 31.0 Å². The Balaban J connectivity index is 2.05. The van der Waals surface area contributed by atoms with Crippen molar-refractivity contribution in [2.45, 2.75) is 19.6 Å². The summed E-state index contributed by atoms with van der Waals surface area (Å²) >= 11 is 0. The number of nitrogens with one attached hydrogen (secondary N) is 1. The first kappa shape index (κ1) is 17.1. The van der Waals surface area contributed by atoms with Gasteiger partial charge in [0.2, 0.25) is 5.43 Å². The van der Waals surface area contributed by atoms with E-state index < -0.39 is 6.10 Å². The van der Waals surface area contributed by atoms with Crippen LogP contribution in [0, 0.1) is 0 Å². The average molecular weight is 318 g/mol. The number of benzene rings is 1. The lowest BCUT2D eigenvalue weighted by Crippen LogP contribution is -2.29. The zero-order chi connectivity index (χ0) is 16.8. The molecule has 0 saturated heterocycles. The van der Waals surface area contributed by atoms with E-state index in [2.05, 4.69) is 4.98 Å². The van der Waals surface area contributed by atoms with Crippen molar-refractivity contribution in [1.29, 1.82) is 0 Å². The highest BCUT2D eigenvalue weighted by Crippen LogP contribution is 2.19. The minimum Gasteiger partial charge on any atom is -0.508 e. The Morgan fingerprint density at radius 2 is 2.13 bits per heavy atom. The monoisotopic (exact) mass is 318 g/mol. The number of aliphatic hydroxyl groups excluding tert-OH is 1. The molecule has 6 heteroatoms. The molecule has 1 unspecified atom stereocenters. The lowest BCUT2D eigenvalue weighted by Gasteiger charge is -2.23. The zero-order valence-corrected chi connectivity index (χ0v) is 13.3. The molecular formula is C17H22N2O4. The van der Waals surface area contributed by atoms with E-state index in [9.17, 15) is 15.0 Å². The smallest absolute Gasteiger partial charge is 0.223 e. The molecule has 6 nitrogen and oxygen atoms in total. The standard InChI is InChI=1S/C17H22N2O4/c1-3-19(10-13-8-15(21)17(23-2)9-18-13)11-16(22)12-5-4-6-14(20)7-12/h4-9,16,20,22H,3,10-11H2,1-2H3,(H,18,21). The number of methoxy groups -OCH3 is 1. The minimum absolute atomic E-state index is 0.129. The SMILES string of the molecule is CCN(Cc1cc(=O)c(OC)c[nH]1)CC(O)c1cccc(O)c1. The van der Waals surface area contributed by atoms with Crippen LogP contribution < -0.4 is 10.2 Å². The first-order valence-corrected chi connectivity index (χ1v) is 7.48. The van der Waals surface area contributed by atoms with E-state index in [1.54, 1.807) is 24.3 Å². The van der Waals surface area contributed by atoms with E-state index in [4.69, 9.17) is 4.74 Å². The number of H-pyrrole nitrogens is 1. The van der Waals surface area contributed by atoms with Crippen molar-refractivity contribution < 1.29 is 14.9 Å². The Hall–Kier alpha value is -2.31. The van der Waals surface area contributed by atoms with Gasteiger partial charge in [-0.1, -0.05) is 19.1 Å². The van der Waals surface area contributed by atoms with Crippen molar-refractivity contribution in [3.63, 3.8) is 0 Å². The van der Waals surface area contributed by atoms with Crippen LogP contribution in [0.3, 0.4) is 0 Å². The predicted octanol–water partition coefficient (Wildman–Crippen LogP) is 1.64. The number of hydrogen-bond donors (Lipinski definition) is 3. The summed E-state index contributed by atoms with van der Waals surface area (Å²) < 4.78 is 4.94. The van der Waals surface area contributed by atoms with Crippen LogP contribution in [0.4, 0.5) is 0 Å². The van der Waals surface area contributed by atoms with Crippen LogP contribution in [0.5, 0.6) is 11.5 Å². The lowest BCUT2D eigenvalue weighted by molar-refractivity contribution is 0.111. The van der Waals surface area contributed by atoms with Crippen LogP contribution in [0.1, 0.15) is 24.3 Å². The molecule has 1 aromatic heterocycles. The fourth-order valence-electron chi connectivity index (χ4n) is 2.38. The Labute approximate surface area is 135 Å². The summed E-state index contributed by atoms with van der Waals surface area (Å²) in [6.45, 7) is 3.60. The van der Waals surface area contributed by atoms with Gasteiger partial charge < -0.3 is 19.9 Å². The van der Waals surface area contributed by atoms with Crippen LogP contribution in [0.15, 0.2) is 41.3 Å². The number of aromatic nitrogens is 1. The highest BCUT2D eigenvalue weighted by Gasteiger charge is 2.14. The van der Waals surface area contributed by atoms with Gasteiger partial charge in [-0.15, -0.1) is 0 Å². The molecule has 1 heterocycles. The Morgan fingerprint density at radius 3 is 2.74 bits per heavy atom. The Morgan fingerprint density at radius 1 is 1.35 bits per heavy atom. The highest BCUT2D eigenvalue weighted by atomic mass is 16.5. The van der Waals surface area contributed by atoms with Crippen molar-refractivity contribution in [2.24, 2.45) is 0 Å². The number of rotatable bonds is 7. The molecule has 0 aliphatic rings. The normalized spacial score (nSPS) is 12.3. The molecule has 1 atom stereocenters. The predicted molar refractivity (Wildman–Crippen MR) is 87.6 cm³/mol. The fraction of sp³-hybridized carbons (Fsp3) is 0.353. The van der Waals surface area contributed by atoms with Gasteiger partial charge in [-0.25, -0.2) is 0 Å². The number of aromatic amines is 1. The van der Waals surface area contributed by atoms with Crippen LogP contribution in [-0.2, 0) is 6.54 Å². The summed E-state index contributed by atoms with van der Waals surface area (Å²) in [6, 6.07) is 8.09.